The van der Waals surface area contributed by atoms with Crippen molar-refractivity contribution in [1.82, 2.24) is 0 Å². The minimum Gasteiger partial charge on any atom is -0.398 e. The van der Waals surface area contributed by atoms with Crippen LogP contribution >= 0.6 is 0 Å². The third-order valence-electron chi connectivity index (χ3n) is 4.62. The summed E-state index contributed by atoms with van der Waals surface area (Å²) in [7, 11) is -3.68. The van der Waals surface area contributed by atoms with Crippen molar-refractivity contribution < 1.29 is 17.6 Å². The lowest BCUT2D eigenvalue weighted by atomic mass is 9.98. The van der Waals surface area contributed by atoms with Crippen molar-refractivity contribution in [3.05, 3.63) is 53.8 Å². The molecule has 1 unspecified atom stereocenters. The number of nitrogens with zero attached hydrogens (tertiary/aromatic N) is 1. The van der Waals surface area contributed by atoms with E-state index in [4.69, 9.17) is 5.73 Å². The van der Waals surface area contributed by atoms with Crippen LogP contribution < -0.4 is 10.6 Å². The Morgan fingerprint density at radius 1 is 1.23 bits per heavy atom. The van der Waals surface area contributed by atoms with Gasteiger partial charge in [0.2, 0.25) is 5.91 Å². The van der Waals surface area contributed by atoms with E-state index in [9.17, 15) is 17.6 Å². The van der Waals surface area contributed by atoms with Gasteiger partial charge in [0, 0.05) is 23.8 Å². The van der Waals surface area contributed by atoms with Gasteiger partial charge in [-0.25, -0.2) is 12.8 Å². The summed E-state index contributed by atoms with van der Waals surface area (Å²) >= 11 is 0. The van der Waals surface area contributed by atoms with E-state index < -0.39 is 21.6 Å². The second-order valence-electron chi connectivity index (χ2n) is 6.57. The standard InChI is InChI=1S/C19H21FN2O3S/c1-13(12-26(24,25)15-9-7-14(20)8-10-15)19(23)22-11-3-4-16-17(21)5-2-6-18(16)22/h2,5-10,13H,3-4,11-12,21H2,1H3. The third kappa shape index (κ3) is 3.58. The summed E-state index contributed by atoms with van der Waals surface area (Å²) in [6, 6.07) is 10.1. The van der Waals surface area contributed by atoms with Crippen molar-refractivity contribution in [2.45, 2.75) is 24.7 Å². The second-order valence-corrected chi connectivity index (χ2v) is 8.61. The van der Waals surface area contributed by atoms with E-state index >= 15 is 0 Å². The highest BCUT2D eigenvalue weighted by Crippen LogP contribution is 2.32. The first-order valence-electron chi connectivity index (χ1n) is 8.46. The van der Waals surface area contributed by atoms with E-state index in [1.807, 2.05) is 6.07 Å². The lowest BCUT2D eigenvalue weighted by molar-refractivity contribution is -0.121. The number of nitrogens with two attached hydrogens (primary N) is 1. The number of hydrogen-bond donors (Lipinski definition) is 1. The van der Waals surface area contributed by atoms with Crippen LogP contribution in [-0.4, -0.2) is 26.6 Å². The van der Waals surface area contributed by atoms with Gasteiger partial charge in [-0.2, -0.15) is 0 Å². The maximum absolute atomic E-state index is 13.0. The molecule has 3 rings (SSSR count). The van der Waals surface area contributed by atoms with Crippen molar-refractivity contribution >= 4 is 27.1 Å². The molecule has 1 atom stereocenters. The molecule has 2 aromatic rings. The van der Waals surface area contributed by atoms with E-state index in [0.717, 1.165) is 36.2 Å². The fourth-order valence-corrected chi connectivity index (χ4v) is 4.83. The third-order valence-corrected chi connectivity index (χ3v) is 6.55. The molecular formula is C19H21FN2O3S. The molecule has 0 bridgehead atoms. The van der Waals surface area contributed by atoms with Gasteiger partial charge in [0.25, 0.3) is 0 Å². The first kappa shape index (κ1) is 18.4. The quantitative estimate of drug-likeness (QED) is 0.657. The van der Waals surface area contributed by atoms with Crippen LogP contribution in [0.3, 0.4) is 0 Å². The smallest absolute Gasteiger partial charge is 0.230 e. The lowest BCUT2D eigenvalue weighted by Gasteiger charge is -2.32. The second kappa shape index (κ2) is 7.07. The molecule has 138 valence electrons. The summed E-state index contributed by atoms with van der Waals surface area (Å²) in [5.74, 6) is -1.80. The highest BCUT2D eigenvalue weighted by atomic mass is 32.2. The van der Waals surface area contributed by atoms with Crippen LogP contribution in [0.2, 0.25) is 0 Å². The van der Waals surface area contributed by atoms with E-state index in [2.05, 4.69) is 0 Å². The Kier molecular flexibility index (Phi) is 5.00. The van der Waals surface area contributed by atoms with Gasteiger partial charge in [-0.05, 0) is 54.8 Å². The predicted octanol–water partition coefficient (Wildman–Crippen LogP) is 2.80. The molecule has 0 aromatic heterocycles. The minimum atomic E-state index is -3.68. The van der Waals surface area contributed by atoms with Gasteiger partial charge < -0.3 is 10.6 Å². The normalized spacial score (nSPS) is 15.4. The Morgan fingerprint density at radius 3 is 2.62 bits per heavy atom. The highest BCUT2D eigenvalue weighted by Gasteiger charge is 2.30. The van der Waals surface area contributed by atoms with Crippen molar-refractivity contribution in [3.8, 4) is 0 Å². The zero-order valence-corrected chi connectivity index (χ0v) is 15.3. The molecule has 0 saturated heterocycles. The average Bonchev–Trinajstić information content (AvgIpc) is 2.61. The van der Waals surface area contributed by atoms with Crippen LogP contribution in [0.5, 0.6) is 0 Å². The lowest BCUT2D eigenvalue weighted by Crippen LogP contribution is -2.41. The number of carbonyl (C=O) groups excluding carboxylic acids is 1. The predicted molar refractivity (Wildman–Crippen MR) is 99.1 cm³/mol. The Balaban J connectivity index is 1.81. The van der Waals surface area contributed by atoms with Crippen LogP contribution in [-0.2, 0) is 21.1 Å². The molecule has 1 heterocycles. The van der Waals surface area contributed by atoms with Crippen molar-refractivity contribution in [1.29, 1.82) is 0 Å². The van der Waals surface area contributed by atoms with Gasteiger partial charge >= 0.3 is 0 Å². The first-order valence-corrected chi connectivity index (χ1v) is 10.1. The summed E-state index contributed by atoms with van der Waals surface area (Å²) in [6.07, 6.45) is 1.58. The number of anilines is 2. The summed E-state index contributed by atoms with van der Waals surface area (Å²) in [5, 5.41) is 0. The molecule has 0 radical (unpaired) electrons. The Labute approximate surface area is 152 Å². The fraction of sp³-hybridized carbons (Fsp3) is 0.316. The maximum atomic E-state index is 13.0. The summed E-state index contributed by atoms with van der Waals surface area (Å²) in [4.78, 5) is 14.5. The van der Waals surface area contributed by atoms with Gasteiger partial charge in [0.15, 0.2) is 9.84 Å². The molecule has 0 aliphatic carbocycles. The summed E-state index contributed by atoms with van der Waals surface area (Å²) in [5.41, 5.74) is 8.34. The van der Waals surface area contributed by atoms with E-state index in [-0.39, 0.29) is 16.6 Å². The zero-order chi connectivity index (χ0) is 18.9. The maximum Gasteiger partial charge on any atom is 0.230 e. The topological polar surface area (TPSA) is 80.5 Å². The molecule has 1 amide bonds. The molecule has 2 N–H and O–H groups in total. The van der Waals surface area contributed by atoms with Crippen LogP contribution in [0, 0.1) is 11.7 Å². The highest BCUT2D eigenvalue weighted by molar-refractivity contribution is 7.91. The van der Waals surface area contributed by atoms with E-state index in [1.165, 1.54) is 12.1 Å². The van der Waals surface area contributed by atoms with Crippen LogP contribution in [0.15, 0.2) is 47.4 Å². The molecule has 7 heteroatoms. The van der Waals surface area contributed by atoms with Gasteiger partial charge in [-0.1, -0.05) is 13.0 Å². The van der Waals surface area contributed by atoms with Gasteiger partial charge in [0.05, 0.1) is 10.6 Å². The Hall–Kier alpha value is -2.41. The van der Waals surface area contributed by atoms with Crippen LogP contribution in [0.25, 0.3) is 0 Å². The number of hydrogen-bond acceptors (Lipinski definition) is 4. The van der Waals surface area contributed by atoms with Crippen LogP contribution in [0.4, 0.5) is 15.8 Å². The first-order chi connectivity index (χ1) is 12.3. The van der Waals surface area contributed by atoms with Crippen molar-refractivity contribution in [2.75, 3.05) is 22.9 Å². The summed E-state index contributed by atoms with van der Waals surface area (Å²) < 4.78 is 38.1. The van der Waals surface area contributed by atoms with Gasteiger partial charge in [-0.15, -0.1) is 0 Å². The number of nitrogen functional groups attached to an aromatic ring is 1. The zero-order valence-electron chi connectivity index (χ0n) is 14.5. The molecule has 2 aromatic carbocycles. The molecule has 0 fully saturated rings. The fourth-order valence-electron chi connectivity index (χ4n) is 3.29. The number of fused-ring (bicyclic) bond motifs is 1. The monoisotopic (exact) mass is 376 g/mol. The molecule has 26 heavy (non-hydrogen) atoms. The number of benzene rings is 2. The van der Waals surface area contributed by atoms with Gasteiger partial charge in [0.1, 0.15) is 5.82 Å². The number of rotatable bonds is 4. The molecule has 0 saturated carbocycles. The Morgan fingerprint density at radius 2 is 1.92 bits per heavy atom. The average molecular weight is 376 g/mol. The Bertz CT molecular complexity index is 926. The molecule has 1 aliphatic heterocycles. The summed E-state index contributed by atoms with van der Waals surface area (Å²) in [6.45, 7) is 2.14. The molecule has 5 nitrogen and oxygen atoms in total. The molecule has 0 spiro atoms. The molecule has 1 aliphatic rings. The van der Waals surface area contributed by atoms with Gasteiger partial charge in [-0.3, -0.25) is 4.79 Å². The van der Waals surface area contributed by atoms with E-state index in [1.54, 1.807) is 24.0 Å². The number of halogens is 1. The van der Waals surface area contributed by atoms with Crippen LogP contribution in [0.1, 0.15) is 18.9 Å². The number of amides is 1. The SMILES string of the molecule is CC(CS(=O)(=O)c1ccc(F)cc1)C(=O)N1CCCc2c(N)cccc21. The largest absolute Gasteiger partial charge is 0.398 e. The van der Waals surface area contributed by atoms with Crippen molar-refractivity contribution in [3.63, 3.8) is 0 Å². The molecular weight excluding hydrogens is 355 g/mol. The van der Waals surface area contributed by atoms with E-state index in [0.29, 0.717) is 12.2 Å². The number of carbonyl (C=O) groups is 1. The minimum absolute atomic E-state index is 0.0156. The number of sulfone groups is 1. The van der Waals surface area contributed by atoms with Crippen molar-refractivity contribution in [2.24, 2.45) is 5.92 Å².